The van der Waals surface area contributed by atoms with Gasteiger partial charge in [-0.15, -0.1) is 5.54 Å². The molecule has 9 nitrogen and oxygen atoms in total. The number of hydrogen-bond acceptors (Lipinski definition) is 7. The first-order chi connectivity index (χ1) is 21.4. The number of nitrogens with one attached hydrogen (secondary N) is 2. The molecule has 2 aromatic heterocycles. The SMILES string of the molecule is COc1ccccc1Nc1ncc2c(C#C[Si](C(C)C)(C(C)C)C(C)C)cc(=O)n(-c3cccc(NS(=O)(=O)C4CC4)c3)c2n1. The van der Waals surface area contributed by atoms with Crippen LogP contribution in [0.1, 0.15) is 59.9 Å². The summed E-state index contributed by atoms with van der Waals surface area (Å²) < 4.78 is 35.0. The van der Waals surface area contributed by atoms with E-state index in [2.05, 4.69) is 68.0 Å². The first-order valence-electron chi connectivity index (χ1n) is 15.4. The summed E-state index contributed by atoms with van der Waals surface area (Å²) in [4.78, 5) is 23.4. The summed E-state index contributed by atoms with van der Waals surface area (Å²) >= 11 is 0. The third kappa shape index (κ3) is 6.48. The van der Waals surface area contributed by atoms with Crippen LogP contribution in [0, 0.1) is 11.5 Å². The monoisotopic (exact) mass is 643 g/mol. The van der Waals surface area contributed by atoms with Crippen molar-refractivity contribution in [3.8, 4) is 22.9 Å². The lowest BCUT2D eigenvalue weighted by Gasteiger charge is -2.38. The number of hydrogen-bond donors (Lipinski definition) is 2. The summed E-state index contributed by atoms with van der Waals surface area (Å²) in [7, 11) is -4.00. The quantitative estimate of drug-likeness (QED) is 0.141. The summed E-state index contributed by atoms with van der Waals surface area (Å²) in [6.45, 7) is 13.5. The number of rotatable bonds is 10. The molecular weight excluding hydrogens is 603 g/mol. The van der Waals surface area contributed by atoms with Gasteiger partial charge in [0.05, 0.1) is 34.8 Å². The van der Waals surface area contributed by atoms with E-state index >= 15 is 0 Å². The summed E-state index contributed by atoms with van der Waals surface area (Å²) in [6.07, 6.45) is 2.98. The van der Waals surface area contributed by atoms with Crippen molar-refractivity contribution in [2.24, 2.45) is 0 Å². The van der Waals surface area contributed by atoms with Gasteiger partial charge in [-0.25, -0.2) is 13.4 Å². The second kappa shape index (κ2) is 12.7. The topological polar surface area (TPSA) is 115 Å². The highest BCUT2D eigenvalue weighted by molar-refractivity contribution is 7.93. The standard InChI is InChI=1S/C34H41N5O4SSi/c1-22(2)45(23(3)4,24(5)6)18-17-25-19-32(40)39(27-12-10-11-26(20-27)38-44(41,42)28-15-16-28)33-29(25)21-35-34(37-33)36-30-13-8-9-14-31(30)43-7/h8-14,19-24,28,38H,15-16H2,1-7H3,(H,35,36,37). The van der Waals surface area contributed by atoms with Crippen LogP contribution >= 0.6 is 0 Å². The minimum absolute atomic E-state index is 0.270. The highest BCUT2D eigenvalue weighted by Gasteiger charge is 2.41. The highest BCUT2D eigenvalue weighted by Crippen LogP contribution is 2.41. The molecule has 11 heteroatoms. The summed E-state index contributed by atoms with van der Waals surface area (Å²) in [5, 5.41) is 3.46. The van der Waals surface area contributed by atoms with Crippen LogP contribution in [0.5, 0.6) is 5.75 Å². The first-order valence-corrected chi connectivity index (χ1v) is 19.1. The van der Waals surface area contributed by atoms with E-state index in [4.69, 9.17) is 9.72 Å². The molecule has 1 fully saturated rings. The van der Waals surface area contributed by atoms with Gasteiger partial charge in [0.25, 0.3) is 5.56 Å². The lowest BCUT2D eigenvalue weighted by atomic mass is 10.1. The van der Waals surface area contributed by atoms with Crippen LogP contribution in [0.3, 0.4) is 0 Å². The maximum absolute atomic E-state index is 13.9. The second-order valence-corrected chi connectivity index (χ2v) is 20.1. The molecular formula is C34H41N5O4SSi. The summed E-state index contributed by atoms with van der Waals surface area (Å²) in [5.41, 5.74) is 7.10. The molecule has 1 aliphatic carbocycles. The molecule has 236 valence electrons. The highest BCUT2D eigenvalue weighted by atomic mass is 32.2. The fraction of sp³-hybridized carbons (Fsp3) is 0.382. The Bertz CT molecular complexity index is 1940. The average molecular weight is 644 g/mol. The van der Waals surface area contributed by atoms with Crippen molar-refractivity contribution in [3.63, 3.8) is 0 Å². The van der Waals surface area contributed by atoms with Gasteiger partial charge in [-0.1, -0.05) is 65.7 Å². The van der Waals surface area contributed by atoms with E-state index in [1.54, 1.807) is 37.6 Å². The minimum atomic E-state index is -3.49. The van der Waals surface area contributed by atoms with Gasteiger partial charge in [-0.05, 0) is 59.8 Å². The molecule has 45 heavy (non-hydrogen) atoms. The minimum Gasteiger partial charge on any atom is -0.495 e. The van der Waals surface area contributed by atoms with Gasteiger partial charge in [0.15, 0.2) is 5.65 Å². The molecule has 0 aliphatic heterocycles. The van der Waals surface area contributed by atoms with Crippen molar-refractivity contribution >= 4 is 46.5 Å². The predicted molar refractivity (Wildman–Crippen MR) is 185 cm³/mol. The van der Waals surface area contributed by atoms with Crippen LogP contribution in [-0.2, 0) is 10.0 Å². The van der Waals surface area contributed by atoms with Crippen molar-refractivity contribution in [2.45, 2.75) is 76.3 Å². The molecule has 1 aliphatic rings. The molecule has 4 aromatic rings. The van der Waals surface area contributed by atoms with E-state index in [0.717, 1.165) is 0 Å². The Morgan fingerprint density at radius 2 is 1.67 bits per heavy atom. The fourth-order valence-corrected chi connectivity index (χ4v) is 12.9. The number of fused-ring (bicyclic) bond motifs is 1. The number of aromatic nitrogens is 3. The zero-order valence-corrected chi connectivity index (χ0v) is 28.7. The van der Waals surface area contributed by atoms with Crippen LogP contribution in [0.2, 0.25) is 16.6 Å². The van der Waals surface area contributed by atoms with Gasteiger partial charge in [-0.2, -0.15) is 4.98 Å². The van der Waals surface area contributed by atoms with Crippen molar-refractivity contribution < 1.29 is 13.2 Å². The number of benzene rings is 2. The molecule has 0 spiro atoms. The molecule has 0 atom stereocenters. The van der Waals surface area contributed by atoms with Crippen LogP contribution in [0.25, 0.3) is 16.7 Å². The third-order valence-corrected chi connectivity index (χ3v) is 16.9. The lowest BCUT2D eigenvalue weighted by Crippen LogP contribution is -2.43. The Kier molecular flexibility index (Phi) is 9.10. The van der Waals surface area contributed by atoms with E-state index in [1.165, 1.54) is 10.6 Å². The normalized spacial score (nSPS) is 13.6. The Hall–Kier alpha value is -4.14. The zero-order chi connectivity index (χ0) is 32.5. The molecule has 0 saturated heterocycles. The molecule has 0 radical (unpaired) electrons. The van der Waals surface area contributed by atoms with Crippen LogP contribution in [0.15, 0.2) is 65.6 Å². The number of anilines is 3. The Balaban J connectivity index is 1.70. The smallest absolute Gasteiger partial charge is 0.258 e. The van der Waals surface area contributed by atoms with Crippen LogP contribution in [0.4, 0.5) is 17.3 Å². The molecule has 1 saturated carbocycles. The number of ether oxygens (including phenoxy) is 1. The van der Waals surface area contributed by atoms with Gasteiger partial charge in [0, 0.05) is 17.8 Å². The predicted octanol–water partition coefficient (Wildman–Crippen LogP) is 7.01. The number of pyridine rings is 1. The molecule has 0 amide bonds. The number of sulfonamides is 1. The van der Waals surface area contributed by atoms with Gasteiger partial charge < -0.3 is 10.1 Å². The Morgan fingerprint density at radius 1 is 0.978 bits per heavy atom. The molecule has 2 heterocycles. The fourth-order valence-electron chi connectivity index (χ4n) is 6.33. The zero-order valence-electron chi connectivity index (χ0n) is 26.9. The van der Waals surface area contributed by atoms with E-state index in [0.29, 0.717) is 68.9 Å². The third-order valence-electron chi connectivity index (χ3n) is 8.72. The number of nitrogens with zero attached hydrogens (tertiary/aromatic N) is 3. The van der Waals surface area contributed by atoms with Gasteiger partial charge >= 0.3 is 0 Å². The molecule has 5 rings (SSSR count). The van der Waals surface area contributed by atoms with Crippen molar-refractivity contribution in [3.05, 3.63) is 76.7 Å². The van der Waals surface area contributed by atoms with Gasteiger partial charge in [0.1, 0.15) is 13.8 Å². The van der Waals surface area contributed by atoms with Crippen molar-refractivity contribution in [1.29, 1.82) is 0 Å². The van der Waals surface area contributed by atoms with Gasteiger partial charge in [0.2, 0.25) is 16.0 Å². The number of methoxy groups -OCH3 is 1. The average Bonchev–Trinajstić information content (AvgIpc) is 3.84. The van der Waals surface area contributed by atoms with Gasteiger partial charge in [-0.3, -0.25) is 14.1 Å². The first kappa shape index (κ1) is 32.3. The second-order valence-electron chi connectivity index (χ2n) is 12.5. The summed E-state index contributed by atoms with van der Waals surface area (Å²) in [5.74, 6) is 4.31. The van der Waals surface area contributed by atoms with E-state index in [-0.39, 0.29) is 16.8 Å². The number of para-hydroxylation sites is 2. The molecule has 2 aromatic carbocycles. The summed E-state index contributed by atoms with van der Waals surface area (Å²) in [6, 6.07) is 15.8. The van der Waals surface area contributed by atoms with E-state index < -0.39 is 18.1 Å². The Morgan fingerprint density at radius 3 is 2.31 bits per heavy atom. The maximum atomic E-state index is 13.9. The van der Waals surface area contributed by atoms with E-state index in [1.807, 2.05) is 24.3 Å². The molecule has 0 bridgehead atoms. The molecule has 0 unspecified atom stereocenters. The Labute approximate surface area is 266 Å². The van der Waals surface area contributed by atoms with Crippen LogP contribution < -0.4 is 20.3 Å². The molecule has 2 N–H and O–H groups in total. The van der Waals surface area contributed by atoms with E-state index in [9.17, 15) is 13.2 Å². The van der Waals surface area contributed by atoms with Crippen LogP contribution in [-0.4, -0.2) is 43.4 Å². The lowest BCUT2D eigenvalue weighted by molar-refractivity contribution is 0.417. The van der Waals surface area contributed by atoms with Crippen molar-refractivity contribution in [1.82, 2.24) is 14.5 Å². The maximum Gasteiger partial charge on any atom is 0.258 e. The van der Waals surface area contributed by atoms with Crippen molar-refractivity contribution in [2.75, 3.05) is 17.1 Å². The largest absolute Gasteiger partial charge is 0.495 e.